The summed E-state index contributed by atoms with van der Waals surface area (Å²) in [5.74, 6) is 0.101. The van der Waals surface area contributed by atoms with Gasteiger partial charge >= 0.3 is 0 Å². The van der Waals surface area contributed by atoms with Crippen molar-refractivity contribution in [1.29, 1.82) is 0 Å². The van der Waals surface area contributed by atoms with Crippen molar-refractivity contribution in [2.75, 3.05) is 11.6 Å². The van der Waals surface area contributed by atoms with Gasteiger partial charge in [0, 0.05) is 5.69 Å². The molecule has 2 nitrogen and oxygen atoms in total. The lowest BCUT2D eigenvalue weighted by atomic mass is 10.2. The van der Waals surface area contributed by atoms with Crippen molar-refractivity contribution in [3.8, 4) is 0 Å². The molecule has 0 aliphatic carbocycles. The van der Waals surface area contributed by atoms with E-state index in [4.69, 9.17) is 0 Å². The first kappa shape index (κ1) is 7.68. The van der Waals surface area contributed by atoms with Crippen molar-refractivity contribution in [2.45, 2.75) is 5.25 Å². The van der Waals surface area contributed by atoms with Gasteiger partial charge in [0.1, 0.15) is 5.25 Å². The molecule has 1 heterocycles. The third-order valence-electron chi connectivity index (χ3n) is 1.97. The third-order valence-corrected chi connectivity index (χ3v) is 2.91. The number of anilines is 1. The van der Waals surface area contributed by atoms with Gasteiger partial charge in [-0.2, -0.15) is 0 Å². The molecule has 1 aromatic rings. The number of thioether (sulfide) groups is 1. The van der Waals surface area contributed by atoms with Gasteiger partial charge in [-0.15, -0.1) is 11.8 Å². The Hall–Kier alpha value is -0.960. The molecular formula is C9H9NOS. The fraction of sp³-hybridized carbons (Fsp3) is 0.222. The van der Waals surface area contributed by atoms with Gasteiger partial charge in [0.15, 0.2) is 0 Å². The molecule has 0 fully saturated rings. The Bertz CT molecular complexity index is 324. The highest BCUT2D eigenvalue weighted by atomic mass is 32.2. The van der Waals surface area contributed by atoms with Crippen molar-refractivity contribution in [1.82, 2.24) is 0 Å². The number of hydrogen-bond acceptors (Lipinski definition) is 2. The minimum absolute atomic E-state index is 0.0128. The highest BCUT2D eigenvalue weighted by molar-refractivity contribution is 7.99. The second-order valence-corrected chi connectivity index (χ2v) is 3.64. The van der Waals surface area contributed by atoms with E-state index >= 15 is 0 Å². The predicted molar refractivity (Wildman–Crippen MR) is 51.3 cm³/mol. The summed E-state index contributed by atoms with van der Waals surface area (Å²) in [6, 6.07) is 7.82. The first-order chi connectivity index (χ1) is 5.83. The lowest BCUT2D eigenvalue weighted by Gasteiger charge is -2.02. The molecule has 0 saturated heterocycles. The number of carbonyl (C=O) groups excluding carboxylic acids is 1. The smallest absolute Gasteiger partial charge is 0.242 e. The summed E-state index contributed by atoms with van der Waals surface area (Å²) in [6.45, 7) is 0. The molecule has 1 amide bonds. The Morgan fingerprint density at radius 2 is 2.17 bits per heavy atom. The van der Waals surface area contributed by atoms with Crippen molar-refractivity contribution in [3.63, 3.8) is 0 Å². The first-order valence-electron chi connectivity index (χ1n) is 3.75. The van der Waals surface area contributed by atoms with E-state index in [1.165, 1.54) is 0 Å². The zero-order valence-electron chi connectivity index (χ0n) is 6.70. The van der Waals surface area contributed by atoms with E-state index in [2.05, 4.69) is 5.32 Å². The van der Waals surface area contributed by atoms with Crippen LogP contribution >= 0.6 is 11.8 Å². The molecule has 0 saturated carbocycles. The number of nitrogens with one attached hydrogen (secondary N) is 1. The average molecular weight is 179 g/mol. The second-order valence-electron chi connectivity index (χ2n) is 2.69. The fourth-order valence-corrected chi connectivity index (χ4v) is 2.15. The molecule has 3 heteroatoms. The molecule has 1 atom stereocenters. The molecule has 62 valence electrons. The lowest BCUT2D eigenvalue weighted by Crippen LogP contribution is -2.08. The second kappa shape index (κ2) is 2.83. The van der Waals surface area contributed by atoms with E-state index in [0.29, 0.717) is 0 Å². The van der Waals surface area contributed by atoms with Crippen molar-refractivity contribution >= 4 is 23.4 Å². The van der Waals surface area contributed by atoms with Crippen LogP contribution in [-0.4, -0.2) is 12.2 Å². The maximum Gasteiger partial charge on any atom is 0.242 e. The molecule has 1 aliphatic rings. The predicted octanol–water partition coefficient (Wildman–Crippen LogP) is 2.04. The molecule has 1 N–H and O–H groups in total. The summed E-state index contributed by atoms with van der Waals surface area (Å²) in [6.07, 6.45) is 1.95. The van der Waals surface area contributed by atoms with Crippen LogP contribution in [0.25, 0.3) is 0 Å². The Labute approximate surface area is 75.4 Å². The van der Waals surface area contributed by atoms with Crippen LogP contribution in [0.15, 0.2) is 24.3 Å². The van der Waals surface area contributed by atoms with Crippen molar-refractivity contribution in [2.24, 2.45) is 0 Å². The third kappa shape index (κ3) is 1.01. The van der Waals surface area contributed by atoms with E-state index in [9.17, 15) is 4.79 Å². The minimum atomic E-state index is -0.0128. The largest absolute Gasteiger partial charge is 0.325 e. The normalized spacial score (nSPS) is 20.4. The number of benzene rings is 1. The number of amides is 1. The Morgan fingerprint density at radius 1 is 1.42 bits per heavy atom. The summed E-state index contributed by atoms with van der Waals surface area (Å²) < 4.78 is 0. The zero-order chi connectivity index (χ0) is 8.55. The number of rotatable bonds is 1. The van der Waals surface area contributed by atoms with E-state index in [0.717, 1.165) is 11.3 Å². The van der Waals surface area contributed by atoms with Crippen LogP contribution in [0, 0.1) is 0 Å². The molecule has 1 aliphatic heterocycles. The van der Waals surface area contributed by atoms with Gasteiger partial charge in [0.2, 0.25) is 5.91 Å². The molecule has 0 bridgehead atoms. The maximum atomic E-state index is 11.3. The molecular weight excluding hydrogens is 170 g/mol. The van der Waals surface area contributed by atoms with E-state index in [1.54, 1.807) is 11.8 Å². The minimum Gasteiger partial charge on any atom is -0.325 e. The number of carbonyl (C=O) groups is 1. The molecule has 0 spiro atoms. The lowest BCUT2D eigenvalue weighted by molar-refractivity contribution is -0.115. The summed E-state index contributed by atoms with van der Waals surface area (Å²) in [4.78, 5) is 11.3. The van der Waals surface area contributed by atoms with Crippen LogP contribution in [0.4, 0.5) is 5.69 Å². The van der Waals surface area contributed by atoms with Crippen molar-refractivity contribution in [3.05, 3.63) is 29.8 Å². The molecule has 1 aromatic carbocycles. The number of para-hydroxylation sites is 1. The quantitative estimate of drug-likeness (QED) is 0.714. The Morgan fingerprint density at radius 3 is 2.92 bits per heavy atom. The van der Waals surface area contributed by atoms with Gasteiger partial charge < -0.3 is 5.32 Å². The Balaban J connectivity index is 2.47. The van der Waals surface area contributed by atoms with Crippen LogP contribution < -0.4 is 5.32 Å². The van der Waals surface area contributed by atoms with Gasteiger partial charge in [-0.25, -0.2) is 0 Å². The van der Waals surface area contributed by atoms with Crippen LogP contribution in [-0.2, 0) is 4.79 Å². The van der Waals surface area contributed by atoms with Gasteiger partial charge in [-0.3, -0.25) is 4.79 Å². The molecule has 2 rings (SSSR count). The van der Waals surface area contributed by atoms with Crippen molar-refractivity contribution < 1.29 is 4.79 Å². The van der Waals surface area contributed by atoms with Crippen LogP contribution in [0.1, 0.15) is 10.8 Å². The number of fused-ring (bicyclic) bond motifs is 1. The Kier molecular flexibility index (Phi) is 1.81. The highest BCUT2D eigenvalue weighted by Crippen LogP contribution is 2.38. The molecule has 1 unspecified atom stereocenters. The van der Waals surface area contributed by atoms with Gasteiger partial charge in [0.05, 0.1) is 0 Å². The summed E-state index contributed by atoms with van der Waals surface area (Å²) in [5.41, 5.74) is 2.07. The average Bonchev–Trinajstić information content (AvgIpc) is 2.40. The van der Waals surface area contributed by atoms with Crippen LogP contribution in [0.2, 0.25) is 0 Å². The SMILES string of the molecule is CSC1C(=O)Nc2ccccc21. The monoisotopic (exact) mass is 179 g/mol. The highest BCUT2D eigenvalue weighted by Gasteiger charge is 2.28. The molecule has 12 heavy (non-hydrogen) atoms. The first-order valence-corrected chi connectivity index (χ1v) is 5.04. The van der Waals surface area contributed by atoms with E-state index in [-0.39, 0.29) is 11.2 Å². The zero-order valence-corrected chi connectivity index (χ0v) is 7.52. The molecule has 0 aromatic heterocycles. The van der Waals surface area contributed by atoms with E-state index in [1.807, 2.05) is 30.5 Å². The van der Waals surface area contributed by atoms with Crippen LogP contribution in [0.3, 0.4) is 0 Å². The summed E-state index contributed by atoms with van der Waals surface area (Å²) in [5, 5.41) is 2.83. The number of hydrogen-bond donors (Lipinski definition) is 1. The van der Waals surface area contributed by atoms with Gasteiger partial charge in [0.25, 0.3) is 0 Å². The summed E-state index contributed by atoms with van der Waals surface area (Å²) in [7, 11) is 0. The summed E-state index contributed by atoms with van der Waals surface area (Å²) >= 11 is 1.57. The fourth-order valence-electron chi connectivity index (χ4n) is 1.41. The van der Waals surface area contributed by atoms with Gasteiger partial charge in [-0.1, -0.05) is 18.2 Å². The maximum absolute atomic E-state index is 11.3. The standard InChI is InChI=1S/C9H9NOS/c1-12-8-6-4-2-3-5-7(6)10-9(8)11/h2-5,8H,1H3,(H,10,11). The molecule has 0 radical (unpaired) electrons. The van der Waals surface area contributed by atoms with E-state index < -0.39 is 0 Å². The van der Waals surface area contributed by atoms with Gasteiger partial charge in [-0.05, 0) is 17.9 Å². The topological polar surface area (TPSA) is 29.1 Å². The van der Waals surface area contributed by atoms with Crippen LogP contribution in [0.5, 0.6) is 0 Å².